The molecule has 1 fully saturated rings. The zero-order valence-electron chi connectivity index (χ0n) is 8.47. The van der Waals surface area contributed by atoms with Crippen LogP contribution in [0.4, 0.5) is 0 Å². The molecule has 0 aromatic rings. The molecule has 0 aromatic heterocycles. The van der Waals surface area contributed by atoms with E-state index < -0.39 is 0 Å². The predicted molar refractivity (Wildman–Crippen MR) is 50.9 cm³/mol. The van der Waals surface area contributed by atoms with Crippen molar-refractivity contribution in [2.75, 3.05) is 19.8 Å². The molecule has 0 amide bonds. The van der Waals surface area contributed by atoms with Gasteiger partial charge in [-0.15, -0.1) is 0 Å². The molecule has 72 valence electrons. The van der Waals surface area contributed by atoms with E-state index in [4.69, 9.17) is 10.5 Å². The first kappa shape index (κ1) is 10.0. The first-order valence-corrected chi connectivity index (χ1v) is 4.88. The Hall–Kier alpha value is -0.0800. The van der Waals surface area contributed by atoms with Gasteiger partial charge in [0.05, 0.1) is 13.2 Å². The molecular weight excluding hydrogens is 150 g/mol. The maximum atomic E-state index is 5.62. The molecule has 0 spiro atoms. The summed E-state index contributed by atoms with van der Waals surface area (Å²) in [5, 5.41) is 0. The van der Waals surface area contributed by atoms with Crippen molar-refractivity contribution in [2.24, 2.45) is 23.0 Å². The summed E-state index contributed by atoms with van der Waals surface area (Å²) >= 11 is 0. The van der Waals surface area contributed by atoms with Crippen LogP contribution in [0.25, 0.3) is 0 Å². The lowest BCUT2D eigenvalue weighted by molar-refractivity contribution is -0.148. The van der Waals surface area contributed by atoms with E-state index in [1.165, 1.54) is 6.42 Å². The van der Waals surface area contributed by atoms with E-state index in [1.807, 2.05) is 0 Å². The fraction of sp³-hybridized carbons (Fsp3) is 1.00. The molecule has 1 saturated heterocycles. The van der Waals surface area contributed by atoms with Crippen LogP contribution in [0.5, 0.6) is 0 Å². The first-order valence-electron chi connectivity index (χ1n) is 4.88. The third-order valence-corrected chi connectivity index (χ3v) is 3.16. The van der Waals surface area contributed by atoms with Crippen LogP contribution in [-0.2, 0) is 4.74 Å². The predicted octanol–water partition coefficient (Wildman–Crippen LogP) is 1.64. The van der Waals surface area contributed by atoms with Gasteiger partial charge in [0, 0.05) is 5.41 Å². The van der Waals surface area contributed by atoms with Gasteiger partial charge in [0.15, 0.2) is 0 Å². The molecule has 2 N–H and O–H groups in total. The molecule has 1 heterocycles. The molecule has 12 heavy (non-hydrogen) atoms. The summed E-state index contributed by atoms with van der Waals surface area (Å²) in [4.78, 5) is 0. The molecule has 0 radical (unpaired) electrons. The fourth-order valence-corrected chi connectivity index (χ4v) is 1.83. The molecule has 0 saturated carbocycles. The van der Waals surface area contributed by atoms with E-state index in [0.717, 1.165) is 25.7 Å². The van der Waals surface area contributed by atoms with Gasteiger partial charge in [-0.25, -0.2) is 0 Å². The molecule has 0 aliphatic carbocycles. The maximum Gasteiger partial charge on any atom is 0.0547 e. The van der Waals surface area contributed by atoms with Crippen molar-refractivity contribution in [3.8, 4) is 0 Å². The summed E-state index contributed by atoms with van der Waals surface area (Å²) in [6.07, 6.45) is 1.22. The van der Waals surface area contributed by atoms with Crippen LogP contribution in [0.1, 0.15) is 27.2 Å². The van der Waals surface area contributed by atoms with Crippen molar-refractivity contribution >= 4 is 0 Å². The third-order valence-electron chi connectivity index (χ3n) is 3.16. The summed E-state index contributed by atoms with van der Waals surface area (Å²) in [6.45, 7) is 9.47. The minimum absolute atomic E-state index is 0.443. The Bertz CT molecular complexity index is 141. The highest BCUT2D eigenvalue weighted by Gasteiger charge is 2.41. The smallest absolute Gasteiger partial charge is 0.0547 e. The van der Waals surface area contributed by atoms with Crippen LogP contribution < -0.4 is 5.73 Å². The van der Waals surface area contributed by atoms with E-state index in [2.05, 4.69) is 20.8 Å². The van der Waals surface area contributed by atoms with Crippen LogP contribution >= 0.6 is 0 Å². The zero-order valence-corrected chi connectivity index (χ0v) is 8.47. The van der Waals surface area contributed by atoms with E-state index in [0.29, 0.717) is 11.3 Å². The highest BCUT2D eigenvalue weighted by atomic mass is 16.5. The quantitative estimate of drug-likeness (QED) is 0.698. The number of hydrogen-bond acceptors (Lipinski definition) is 2. The standard InChI is InChI=1S/C10H21NO/c1-8(2)10(6-12-7-10)4-9(3)5-11/h8-9H,4-7,11H2,1-3H3. The van der Waals surface area contributed by atoms with Gasteiger partial charge in [0.1, 0.15) is 0 Å². The lowest BCUT2D eigenvalue weighted by atomic mass is 9.70. The largest absolute Gasteiger partial charge is 0.380 e. The van der Waals surface area contributed by atoms with E-state index >= 15 is 0 Å². The molecule has 1 aliphatic rings. The van der Waals surface area contributed by atoms with Crippen molar-refractivity contribution in [2.45, 2.75) is 27.2 Å². The van der Waals surface area contributed by atoms with E-state index in [1.54, 1.807) is 0 Å². The summed E-state index contributed by atoms with van der Waals surface area (Å²) in [5.74, 6) is 1.36. The minimum Gasteiger partial charge on any atom is -0.380 e. The molecular formula is C10H21NO. The van der Waals surface area contributed by atoms with Crippen molar-refractivity contribution < 1.29 is 4.74 Å². The molecule has 0 aromatic carbocycles. The highest BCUT2D eigenvalue weighted by Crippen LogP contribution is 2.41. The molecule has 1 unspecified atom stereocenters. The van der Waals surface area contributed by atoms with Gasteiger partial charge >= 0.3 is 0 Å². The summed E-state index contributed by atoms with van der Waals surface area (Å²) in [7, 11) is 0. The first-order chi connectivity index (χ1) is 5.60. The van der Waals surface area contributed by atoms with Crippen LogP contribution in [0.15, 0.2) is 0 Å². The van der Waals surface area contributed by atoms with Gasteiger partial charge in [-0.3, -0.25) is 0 Å². The second-order valence-corrected chi connectivity index (χ2v) is 4.55. The minimum atomic E-state index is 0.443. The lowest BCUT2D eigenvalue weighted by Crippen LogP contribution is -2.48. The Balaban J connectivity index is 2.45. The topological polar surface area (TPSA) is 35.2 Å². The maximum absolute atomic E-state index is 5.62. The molecule has 1 rings (SSSR count). The Kier molecular flexibility index (Phi) is 3.13. The summed E-state index contributed by atoms with van der Waals surface area (Å²) in [6, 6.07) is 0. The second kappa shape index (κ2) is 3.75. The van der Waals surface area contributed by atoms with Gasteiger partial charge < -0.3 is 10.5 Å². The van der Waals surface area contributed by atoms with E-state index in [9.17, 15) is 0 Å². The van der Waals surface area contributed by atoms with Gasteiger partial charge in [-0.2, -0.15) is 0 Å². The Labute approximate surface area is 75.5 Å². The summed E-state index contributed by atoms with van der Waals surface area (Å²) < 4.78 is 5.30. The Morgan fingerprint density at radius 1 is 1.33 bits per heavy atom. The van der Waals surface area contributed by atoms with E-state index in [-0.39, 0.29) is 0 Å². The molecule has 2 nitrogen and oxygen atoms in total. The van der Waals surface area contributed by atoms with Crippen molar-refractivity contribution in [3.05, 3.63) is 0 Å². The number of rotatable bonds is 4. The number of hydrogen-bond donors (Lipinski definition) is 1. The normalized spacial score (nSPS) is 23.8. The van der Waals surface area contributed by atoms with Gasteiger partial charge in [-0.05, 0) is 24.8 Å². The van der Waals surface area contributed by atoms with Crippen LogP contribution in [-0.4, -0.2) is 19.8 Å². The van der Waals surface area contributed by atoms with Crippen LogP contribution in [0.2, 0.25) is 0 Å². The monoisotopic (exact) mass is 171 g/mol. The third kappa shape index (κ3) is 1.80. The molecule has 0 bridgehead atoms. The van der Waals surface area contributed by atoms with Crippen molar-refractivity contribution in [1.82, 2.24) is 0 Å². The van der Waals surface area contributed by atoms with Gasteiger partial charge in [0.25, 0.3) is 0 Å². The lowest BCUT2D eigenvalue weighted by Gasteiger charge is -2.46. The Morgan fingerprint density at radius 2 is 1.92 bits per heavy atom. The van der Waals surface area contributed by atoms with Crippen molar-refractivity contribution in [3.63, 3.8) is 0 Å². The van der Waals surface area contributed by atoms with Crippen molar-refractivity contribution in [1.29, 1.82) is 0 Å². The Morgan fingerprint density at radius 3 is 2.17 bits per heavy atom. The molecule has 2 heteroatoms. The SMILES string of the molecule is CC(CN)CC1(C(C)C)COC1. The molecule has 1 atom stereocenters. The van der Waals surface area contributed by atoms with Crippen LogP contribution in [0.3, 0.4) is 0 Å². The number of ether oxygens (including phenoxy) is 1. The zero-order chi connectivity index (χ0) is 9.19. The average molecular weight is 171 g/mol. The number of nitrogens with two attached hydrogens (primary N) is 1. The highest BCUT2D eigenvalue weighted by molar-refractivity contribution is 4.89. The fourth-order valence-electron chi connectivity index (χ4n) is 1.83. The van der Waals surface area contributed by atoms with Crippen LogP contribution in [0, 0.1) is 17.3 Å². The second-order valence-electron chi connectivity index (χ2n) is 4.55. The molecule has 1 aliphatic heterocycles. The van der Waals surface area contributed by atoms with Gasteiger partial charge in [0.2, 0.25) is 0 Å². The summed E-state index contributed by atoms with van der Waals surface area (Å²) in [5.41, 5.74) is 6.06. The van der Waals surface area contributed by atoms with Gasteiger partial charge in [-0.1, -0.05) is 20.8 Å². The average Bonchev–Trinajstić information content (AvgIpc) is 1.95.